The van der Waals surface area contributed by atoms with Crippen LogP contribution in [-0.4, -0.2) is 16.5 Å². The molecule has 4 nitrogen and oxygen atoms in total. The number of halogens is 1. The topological polar surface area (TPSA) is 63.8 Å². The summed E-state index contributed by atoms with van der Waals surface area (Å²) in [6.07, 6.45) is 4.36. The van der Waals surface area contributed by atoms with Gasteiger partial charge < -0.3 is 11.1 Å². The largest absolute Gasteiger partial charge is 0.399 e. The van der Waals surface area contributed by atoms with Crippen LogP contribution in [0.25, 0.3) is 0 Å². The number of nitrogens with two attached hydrogens (primary N) is 1. The Morgan fingerprint density at radius 3 is 2.41 bits per heavy atom. The van der Waals surface area contributed by atoms with Gasteiger partial charge in [-0.3, -0.25) is 0 Å². The van der Waals surface area contributed by atoms with Crippen LogP contribution in [0.15, 0.2) is 41.1 Å². The summed E-state index contributed by atoms with van der Waals surface area (Å²) in [6, 6.07) is 7.87. The second kappa shape index (κ2) is 5.63. The van der Waals surface area contributed by atoms with Crippen molar-refractivity contribution in [2.75, 3.05) is 17.6 Å². The Bertz CT molecular complexity index is 421. The van der Waals surface area contributed by atoms with Gasteiger partial charge in [0.15, 0.2) is 0 Å². The number of nitrogens with zero attached hydrogens (tertiary/aromatic N) is 2. The number of hydrogen-bond donors (Lipinski definition) is 2. The number of rotatable bonds is 4. The third-order valence-corrected chi connectivity index (χ3v) is 2.71. The quantitative estimate of drug-likeness (QED) is 0.850. The molecule has 0 aliphatic rings. The van der Waals surface area contributed by atoms with Crippen LogP contribution in [0.2, 0.25) is 0 Å². The van der Waals surface area contributed by atoms with Crippen LogP contribution in [0.5, 0.6) is 0 Å². The van der Waals surface area contributed by atoms with Crippen molar-refractivity contribution in [3.05, 3.63) is 46.7 Å². The van der Waals surface area contributed by atoms with E-state index in [1.165, 1.54) is 5.56 Å². The Balaban J connectivity index is 1.83. The monoisotopic (exact) mass is 292 g/mol. The molecule has 5 heteroatoms. The molecule has 1 aromatic carbocycles. The lowest BCUT2D eigenvalue weighted by molar-refractivity contribution is 0.982. The van der Waals surface area contributed by atoms with Gasteiger partial charge in [0.1, 0.15) is 0 Å². The van der Waals surface area contributed by atoms with Crippen LogP contribution in [0.4, 0.5) is 11.6 Å². The highest BCUT2D eigenvalue weighted by Crippen LogP contribution is 2.08. The fourth-order valence-corrected chi connectivity index (χ4v) is 1.61. The van der Waals surface area contributed by atoms with E-state index in [2.05, 4.69) is 31.2 Å². The molecule has 17 heavy (non-hydrogen) atoms. The average Bonchev–Trinajstić information content (AvgIpc) is 2.34. The molecule has 1 aromatic heterocycles. The molecule has 0 radical (unpaired) electrons. The van der Waals surface area contributed by atoms with Crippen molar-refractivity contribution >= 4 is 27.6 Å². The van der Waals surface area contributed by atoms with E-state index in [1.807, 2.05) is 24.3 Å². The number of nitrogens with one attached hydrogen (secondary N) is 1. The molecule has 0 amide bonds. The molecule has 3 N–H and O–H groups in total. The van der Waals surface area contributed by atoms with Crippen LogP contribution in [0.1, 0.15) is 5.56 Å². The zero-order valence-corrected chi connectivity index (χ0v) is 10.8. The van der Waals surface area contributed by atoms with Crippen LogP contribution in [0, 0.1) is 0 Å². The van der Waals surface area contributed by atoms with E-state index < -0.39 is 0 Å². The first kappa shape index (κ1) is 11.9. The van der Waals surface area contributed by atoms with Crippen molar-refractivity contribution in [1.82, 2.24) is 9.97 Å². The minimum Gasteiger partial charge on any atom is -0.399 e. The van der Waals surface area contributed by atoms with E-state index >= 15 is 0 Å². The molecule has 0 aliphatic carbocycles. The molecule has 0 saturated heterocycles. The molecule has 1 heterocycles. The maximum atomic E-state index is 5.62. The van der Waals surface area contributed by atoms with E-state index in [0.717, 1.165) is 23.1 Å². The molecule has 2 rings (SSSR count). The zero-order chi connectivity index (χ0) is 12.1. The summed E-state index contributed by atoms with van der Waals surface area (Å²) < 4.78 is 0.876. The molecule has 2 aromatic rings. The lowest BCUT2D eigenvalue weighted by Gasteiger charge is -2.04. The van der Waals surface area contributed by atoms with Gasteiger partial charge in [0.25, 0.3) is 0 Å². The Morgan fingerprint density at radius 1 is 1.12 bits per heavy atom. The molecule has 0 atom stereocenters. The minimum absolute atomic E-state index is 0.642. The summed E-state index contributed by atoms with van der Waals surface area (Å²) in [5.41, 5.74) is 7.65. The number of benzene rings is 1. The number of hydrogen-bond acceptors (Lipinski definition) is 4. The SMILES string of the molecule is Nc1ccc(CCNc2ncc(Br)cn2)cc1. The van der Waals surface area contributed by atoms with Crippen molar-refractivity contribution in [3.8, 4) is 0 Å². The summed E-state index contributed by atoms with van der Waals surface area (Å²) >= 11 is 3.29. The van der Waals surface area contributed by atoms with Gasteiger partial charge in [0.2, 0.25) is 5.95 Å². The predicted molar refractivity (Wildman–Crippen MR) is 72.8 cm³/mol. The summed E-state index contributed by atoms with van der Waals surface area (Å²) in [4.78, 5) is 8.27. The molecule has 0 fully saturated rings. The van der Waals surface area contributed by atoms with Crippen molar-refractivity contribution in [3.63, 3.8) is 0 Å². The predicted octanol–water partition coefficient (Wildman–Crippen LogP) is 2.48. The average molecular weight is 293 g/mol. The van der Waals surface area contributed by atoms with Gasteiger partial charge in [-0.2, -0.15) is 0 Å². The Labute approximate surface area is 108 Å². The highest BCUT2D eigenvalue weighted by atomic mass is 79.9. The fourth-order valence-electron chi connectivity index (χ4n) is 1.41. The van der Waals surface area contributed by atoms with E-state index in [0.29, 0.717) is 5.95 Å². The molecule has 0 bridgehead atoms. The van der Waals surface area contributed by atoms with Gasteiger partial charge in [0.05, 0.1) is 4.47 Å². The van der Waals surface area contributed by atoms with Crippen molar-refractivity contribution in [2.24, 2.45) is 0 Å². The lowest BCUT2D eigenvalue weighted by atomic mass is 10.1. The molecule has 88 valence electrons. The Kier molecular flexibility index (Phi) is 3.93. The van der Waals surface area contributed by atoms with Gasteiger partial charge in [0, 0.05) is 24.6 Å². The third-order valence-electron chi connectivity index (χ3n) is 2.30. The van der Waals surface area contributed by atoms with E-state index in [4.69, 9.17) is 5.73 Å². The molecule has 0 unspecified atom stereocenters. The summed E-state index contributed by atoms with van der Waals surface area (Å²) in [7, 11) is 0. The molecular weight excluding hydrogens is 280 g/mol. The maximum absolute atomic E-state index is 5.62. The zero-order valence-electron chi connectivity index (χ0n) is 9.23. The number of anilines is 2. The van der Waals surface area contributed by atoms with E-state index in [9.17, 15) is 0 Å². The smallest absolute Gasteiger partial charge is 0.222 e. The van der Waals surface area contributed by atoms with Crippen molar-refractivity contribution < 1.29 is 0 Å². The van der Waals surface area contributed by atoms with Gasteiger partial charge in [-0.05, 0) is 40.0 Å². The van der Waals surface area contributed by atoms with E-state index in [-0.39, 0.29) is 0 Å². The Morgan fingerprint density at radius 2 is 1.76 bits per heavy atom. The van der Waals surface area contributed by atoms with Gasteiger partial charge in [-0.15, -0.1) is 0 Å². The van der Waals surface area contributed by atoms with Crippen LogP contribution < -0.4 is 11.1 Å². The lowest BCUT2D eigenvalue weighted by Crippen LogP contribution is -2.07. The second-order valence-corrected chi connectivity index (χ2v) is 4.56. The highest BCUT2D eigenvalue weighted by Gasteiger charge is 1.96. The summed E-state index contributed by atoms with van der Waals surface area (Å²) in [5.74, 6) is 0.642. The van der Waals surface area contributed by atoms with Gasteiger partial charge >= 0.3 is 0 Å². The fraction of sp³-hybridized carbons (Fsp3) is 0.167. The van der Waals surface area contributed by atoms with Crippen LogP contribution in [0.3, 0.4) is 0 Å². The summed E-state index contributed by atoms with van der Waals surface area (Å²) in [5, 5.41) is 3.16. The first-order valence-corrected chi connectivity index (χ1v) is 6.09. The maximum Gasteiger partial charge on any atom is 0.222 e. The second-order valence-electron chi connectivity index (χ2n) is 3.64. The first-order valence-electron chi connectivity index (χ1n) is 5.30. The molecule has 0 aliphatic heterocycles. The first-order chi connectivity index (χ1) is 8.24. The molecular formula is C12H13BrN4. The Hall–Kier alpha value is -1.62. The van der Waals surface area contributed by atoms with Gasteiger partial charge in [-0.1, -0.05) is 12.1 Å². The van der Waals surface area contributed by atoms with Crippen LogP contribution >= 0.6 is 15.9 Å². The minimum atomic E-state index is 0.642. The third kappa shape index (κ3) is 3.71. The van der Waals surface area contributed by atoms with Crippen molar-refractivity contribution in [2.45, 2.75) is 6.42 Å². The van der Waals surface area contributed by atoms with Gasteiger partial charge in [-0.25, -0.2) is 9.97 Å². The summed E-state index contributed by atoms with van der Waals surface area (Å²) in [6.45, 7) is 0.797. The van der Waals surface area contributed by atoms with Crippen LogP contribution in [-0.2, 0) is 6.42 Å². The number of aromatic nitrogens is 2. The molecule has 0 saturated carbocycles. The van der Waals surface area contributed by atoms with Crippen molar-refractivity contribution in [1.29, 1.82) is 0 Å². The number of nitrogen functional groups attached to an aromatic ring is 1. The highest BCUT2D eigenvalue weighted by molar-refractivity contribution is 9.10. The van der Waals surface area contributed by atoms with E-state index in [1.54, 1.807) is 12.4 Å². The standard InChI is InChI=1S/C12H13BrN4/c13-10-7-16-12(17-8-10)15-6-5-9-1-3-11(14)4-2-9/h1-4,7-8H,5-6,14H2,(H,15,16,17). The molecule has 0 spiro atoms. The normalized spacial score (nSPS) is 10.2.